The average molecular weight is 266 g/mol. The minimum Gasteiger partial charge on any atom is -0.467 e. The van der Waals surface area contributed by atoms with Gasteiger partial charge in [-0.3, -0.25) is 4.79 Å². The van der Waals surface area contributed by atoms with E-state index in [-0.39, 0.29) is 16.7 Å². The molecule has 14 heavy (non-hydrogen) atoms. The van der Waals surface area contributed by atoms with Gasteiger partial charge >= 0.3 is 5.97 Å². The van der Waals surface area contributed by atoms with Crippen molar-refractivity contribution in [3.8, 4) is 0 Å². The number of carbonyl (C=O) groups is 2. The van der Waals surface area contributed by atoms with Crippen LogP contribution in [0.3, 0.4) is 0 Å². The minimum absolute atomic E-state index is 0.180. The summed E-state index contributed by atoms with van der Waals surface area (Å²) in [5.41, 5.74) is 0. The molecule has 0 spiro atoms. The highest BCUT2D eigenvalue weighted by Gasteiger charge is 2.22. The second kappa shape index (κ2) is 6.01. The molecule has 4 nitrogen and oxygen atoms in total. The van der Waals surface area contributed by atoms with Crippen molar-refractivity contribution >= 4 is 27.8 Å². The van der Waals surface area contributed by atoms with Crippen LogP contribution in [0.2, 0.25) is 0 Å². The molecule has 0 aliphatic heterocycles. The Hall–Kier alpha value is -0.580. The molecule has 0 aliphatic rings. The van der Waals surface area contributed by atoms with E-state index in [1.54, 1.807) is 6.92 Å². The third-order valence-electron chi connectivity index (χ3n) is 1.75. The maximum absolute atomic E-state index is 11.4. The van der Waals surface area contributed by atoms with Gasteiger partial charge in [-0.25, -0.2) is 4.79 Å². The molecule has 2 unspecified atom stereocenters. The molecule has 0 aliphatic carbocycles. The molecule has 1 amide bonds. The summed E-state index contributed by atoms with van der Waals surface area (Å²) in [7, 11) is 1.29. The van der Waals surface area contributed by atoms with Crippen molar-refractivity contribution in [1.82, 2.24) is 5.32 Å². The van der Waals surface area contributed by atoms with E-state index in [0.717, 1.165) is 0 Å². The lowest BCUT2D eigenvalue weighted by molar-refractivity contribution is -0.144. The van der Waals surface area contributed by atoms with Crippen LogP contribution in [0.5, 0.6) is 0 Å². The molecule has 0 fully saturated rings. The van der Waals surface area contributed by atoms with E-state index in [1.165, 1.54) is 7.11 Å². The molecule has 0 saturated heterocycles. The second-order valence-corrected chi connectivity index (χ2v) is 4.39. The van der Waals surface area contributed by atoms with Crippen molar-refractivity contribution < 1.29 is 14.3 Å². The van der Waals surface area contributed by atoms with Gasteiger partial charge in [-0.05, 0) is 12.8 Å². The molecule has 0 rings (SSSR count). The van der Waals surface area contributed by atoms with Crippen LogP contribution in [0, 0.1) is 5.92 Å². The molecule has 2 atom stereocenters. The number of nitrogens with one attached hydrogen (secondary N) is 1. The van der Waals surface area contributed by atoms with Crippen LogP contribution in [0.15, 0.2) is 0 Å². The summed E-state index contributed by atoms with van der Waals surface area (Å²) in [6.45, 7) is 5.42. The quantitative estimate of drug-likeness (QED) is 0.612. The first kappa shape index (κ1) is 13.4. The highest BCUT2D eigenvalue weighted by Crippen LogP contribution is 2.11. The number of amides is 1. The summed E-state index contributed by atoms with van der Waals surface area (Å²) in [6.07, 6.45) is 0. The third kappa shape index (κ3) is 4.09. The third-order valence-corrected chi connectivity index (χ3v) is 3.22. The smallest absolute Gasteiger partial charge is 0.328 e. The lowest BCUT2D eigenvalue weighted by Gasteiger charge is -2.16. The number of hydrogen-bond donors (Lipinski definition) is 1. The van der Waals surface area contributed by atoms with Crippen molar-refractivity contribution in [3.05, 3.63) is 0 Å². The molecule has 0 aromatic heterocycles. The minimum atomic E-state index is -0.605. The number of esters is 1. The van der Waals surface area contributed by atoms with Crippen molar-refractivity contribution in [2.75, 3.05) is 7.11 Å². The van der Waals surface area contributed by atoms with E-state index in [4.69, 9.17) is 0 Å². The molecular formula is C9H16BrNO3. The molecule has 0 saturated carbocycles. The Morgan fingerprint density at radius 3 is 2.14 bits per heavy atom. The van der Waals surface area contributed by atoms with Crippen LogP contribution in [-0.2, 0) is 14.3 Å². The molecule has 0 bridgehead atoms. The van der Waals surface area contributed by atoms with Gasteiger partial charge in [0, 0.05) is 0 Å². The van der Waals surface area contributed by atoms with E-state index < -0.39 is 12.0 Å². The zero-order valence-corrected chi connectivity index (χ0v) is 10.4. The molecule has 82 valence electrons. The first-order chi connectivity index (χ1) is 6.40. The van der Waals surface area contributed by atoms with Gasteiger partial charge in [0.1, 0.15) is 6.04 Å². The number of halogens is 1. The molecule has 0 aromatic rings. The SMILES string of the molecule is COC(=O)C(C)NC(=O)C(Br)C(C)C. The van der Waals surface area contributed by atoms with Crippen molar-refractivity contribution in [2.45, 2.75) is 31.6 Å². The summed E-state index contributed by atoms with van der Waals surface area (Å²) in [5, 5.41) is 2.55. The zero-order valence-electron chi connectivity index (χ0n) is 8.83. The van der Waals surface area contributed by atoms with E-state index in [9.17, 15) is 9.59 Å². The highest BCUT2D eigenvalue weighted by atomic mass is 79.9. The maximum atomic E-state index is 11.4. The highest BCUT2D eigenvalue weighted by molar-refractivity contribution is 9.10. The van der Waals surface area contributed by atoms with Crippen LogP contribution in [0.1, 0.15) is 20.8 Å². The van der Waals surface area contributed by atoms with Gasteiger partial charge < -0.3 is 10.1 Å². The fraction of sp³-hybridized carbons (Fsp3) is 0.778. The first-order valence-corrected chi connectivity index (χ1v) is 5.34. The van der Waals surface area contributed by atoms with Crippen LogP contribution in [-0.4, -0.2) is 29.9 Å². The lowest BCUT2D eigenvalue weighted by atomic mass is 10.1. The maximum Gasteiger partial charge on any atom is 0.328 e. The van der Waals surface area contributed by atoms with Gasteiger partial charge in [-0.1, -0.05) is 29.8 Å². The Morgan fingerprint density at radius 2 is 1.79 bits per heavy atom. The Kier molecular flexibility index (Phi) is 5.76. The summed E-state index contributed by atoms with van der Waals surface area (Å²) in [5.74, 6) is -0.459. The largest absolute Gasteiger partial charge is 0.467 e. The normalized spacial score (nSPS) is 14.7. The zero-order chi connectivity index (χ0) is 11.3. The van der Waals surface area contributed by atoms with Gasteiger partial charge in [-0.2, -0.15) is 0 Å². The molecule has 0 heterocycles. The molecule has 5 heteroatoms. The van der Waals surface area contributed by atoms with E-state index >= 15 is 0 Å². The summed E-state index contributed by atoms with van der Waals surface area (Å²) < 4.78 is 4.48. The fourth-order valence-electron chi connectivity index (χ4n) is 0.831. The topological polar surface area (TPSA) is 55.4 Å². The van der Waals surface area contributed by atoms with Crippen LogP contribution in [0.25, 0.3) is 0 Å². The van der Waals surface area contributed by atoms with Gasteiger partial charge in [0.2, 0.25) is 5.91 Å². The van der Waals surface area contributed by atoms with E-state index in [2.05, 4.69) is 26.0 Å². The predicted molar refractivity (Wildman–Crippen MR) is 57.2 cm³/mol. The molecule has 0 aromatic carbocycles. The summed E-state index contributed by atoms with van der Waals surface area (Å²) in [6, 6.07) is -0.605. The van der Waals surface area contributed by atoms with Crippen LogP contribution in [0.4, 0.5) is 0 Å². The standard InChI is InChI=1S/C9H16BrNO3/c1-5(2)7(10)8(12)11-6(3)9(13)14-4/h5-7H,1-4H3,(H,11,12). The fourth-order valence-corrected chi connectivity index (χ4v) is 0.964. The molecule has 0 radical (unpaired) electrons. The van der Waals surface area contributed by atoms with Crippen LogP contribution < -0.4 is 5.32 Å². The van der Waals surface area contributed by atoms with Gasteiger partial charge in [0.05, 0.1) is 11.9 Å². The number of hydrogen-bond acceptors (Lipinski definition) is 3. The van der Waals surface area contributed by atoms with Crippen molar-refractivity contribution in [1.29, 1.82) is 0 Å². The summed E-state index contributed by atoms with van der Waals surface area (Å²) in [4.78, 5) is 22.2. The van der Waals surface area contributed by atoms with Crippen LogP contribution >= 0.6 is 15.9 Å². The lowest BCUT2D eigenvalue weighted by Crippen LogP contribution is -2.43. The molecular weight excluding hydrogens is 250 g/mol. The van der Waals surface area contributed by atoms with Crippen molar-refractivity contribution in [2.24, 2.45) is 5.92 Å². The average Bonchev–Trinajstić information content (AvgIpc) is 2.14. The molecule has 1 N–H and O–H groups in total. The van der Waals surface area contributed by atoms with E-state index in [0.29, 0.717) is 0 Å². The monoisotopic (exact) mass is 265 g/mol. The Labute approximate surface area is 92.5 Å². The number of ether oxygens (including phenoxy) is 1. The van der Waals surface area contributed by atoms with Gasteiger partial charge in [0.15, 0.2) is 0 Å². The Morgan fingerprint density at radius 1 is 1.29 bits per heavy atom. The van der Waals surface area contributed by atoms with Gasteiger partial charge in [-0.15, -0.1) is 0 Å². The number of alkyl halides is 1. The number of carbonyl (C=O) groups excluding carboxylic acids is 2. The number of methoxy groups -OCH3 is 1. The Bertz CT molecular complexity index is 218. The summed E-state index contributed by atoms with van der Waals surface area (Å²) >= 11 is 3.24. The second-order valence-electron chi connectivity index (χ2n) is 3.40. The van der Waals surface area contributed by atoms with E-state index in [1.807, 2.05) is 13.8 Å². The van der Waals surface area contributed by atoms with Gasteiger partial charge in [0.25, 0.3) is 0 Å². The number of rotatable bonds is 4. The Balaban J connectivity index is 4.12. The first-order valence-electron chi connectivity index (χ1n) is 4.42. The predicted octanol–water partition coefficient (Wildman–Crippen LogP) is 1.08. The van der Waals surface area contributed by atoms with Crippen molar-refractivity contribution in [3.63, 3.8) is 0 Å².